The summed E-state index contributed by atoms with van der Waals surface area (Å²) in [7, 11) is 0. The first-order valence-electron chi connectivity index (χ1n) is 3.17. The number of nitrogens with zero attached hydrogens (tertiary/aromatic N) is 1. The van der Waals surface area contributed by atoms with Crippen LogP contribution in [0.3, 0.4) is 0 Å². The van der Waals surface area contributed by atoms with Crippen molar-refractivity contribution >= 4 is 47.8 Å². The molecule has 0 spiro atoms. The molecule has 0 saturated carbocycles. The summed E-state index contributed by atoms with van der Waals surface area (Å²) < 4.78 is -0.707. The molecular weight excluding hydrogens is 354 g/mol. The van der Waals surface area contributed by atoms with E-state index < -0.39 is 8.25 Å². The van der Waals surface area contributed by atoms with Gasteiger partial charge in [0.1, 0.15) is 6.10 Å². The van der Waals surface area contributed by atoms with Gasteiger partial charge in [0.15, 0.2) is 2.14 Å². The van der Waals surface area contributed by atoms with Crippen LogP contribution in [-0.2, 0) is 0 Å². The second kappa shape index (κ2) is 4.17. The zero-order chi connectivity index (χ0) is 9.19. The summed E-state index contributed by atoms with van der Waals surface area (Å²) in [6, 6.07) is 5.38. The fourth-order valence-electron chi connectivity index (χ4n) is 0.705. The molecule has 0 aliphatic heterocycles. The highest BCUT2D eigenvalue weighted by molar-refractivity contribution is 9.39. The van der Waals surface area contributed by atoms with Gasteiger partial charge in [-0.25, -0.2) is 0 Å². The number of aromatic nitrogens is 1. The topological polar surface area (TPSA) is 33.1 Å². The lowest BCUT2D eigenvalue weighted by Gasteiger charge is -2.18. The van der Waals surface area contributed by atoms with Crippen molar-refractivity contribution < 1.29 is 5.11 Å². The minimum Gasteiger partial charge on any atom is -0.383 e. The summed E-state index contributed by atoms with van der Waals surface area (Å²) >= 11 is 9.67. The van der Waals surface area contributed by atoms with Crippen molar-refractivity contribution in [3.63, 3.8) is 0 Å². The van der Waals surface area contributed by atoms with Gasteiger partial charge in [0.05, 0.1) is 5.69 Å². The molecule has 1 aromatic heterocycles. The number of rotatable bonds is 1. The van der Waals surface area contributed by atoms with E-state index in [1.807, 2.05) is 6.07 Å². The van der Waals surface area contributed by atoms with Crippen LogP contribution in [0.2, 0.25) is 0 Å². The quantitative estimate of drug-likeness (QED) is 0.782. The number of pyridine rings is 1. The summed E-state index contributed by atoms with van der Waals surface area (Å²) in [5.41, 5.74) is 0.600. The lowest BCUT2D eigenvalue weighted by molar-refractivity contribution is 0.188. The van der Waals surface area contributed by atoms with E-state index in [1.165, 1.54) is 0 Å². The maximum Gasteiger partial charge on any atom is 0.166 e. The van der Waals surface area contributed by atoms with Gasteiger partial charge in [-0.1, -0.05) is 53.9 Å². The van der Waals surface area contributed by atoms with Crippen LogP contribution in [0.25, 0.3) is 0 Å². The van der Waals surface area contributed by atoms with Gasteiger partial charge >= 0.3 is 0 Å². The molecular formula is C7H6Br3NO. The molecule has 1 N–H and O–H groups in total. The van der Waals surface area contributed by atoms with Crippen LogP contribution < -0.4 is 0 Å². The molecule has 1 heterocycles. The Morgan fingerprint density at radius 2 is 2.00 bits per heavy atom. The van der Waals surface area contributed by atoms with E-state index in [9.17, 15) is 5.11 Å². The number of alkyl halides is 3. The number of hydrogen-bond acceptors (Lipinski definition) is 2. The molecule has 2 nitrogen and oxygen atoms in total. The molecule has 0 radical (unpaired) electrons. The zero-order valence-corrected chi connectivity index (χ0v) is 10.7. The minimum absolute atomic E-state index is 0.600. The average Bonchev–Trinajstić information content (AvgIpc) is 2.03. The first-order valence-corrected chi connectivity index (χ1v) is 5.55. The van der Waals surface area contributed by atoms with Crippen molar-refractivity contribution in [2.75, 3.05) is 0 Å². The van der Waals surface area contributed by atoms with Crippen molar-refractivity contribution in [2.45, 2.75) is 8.25 Å². The number of aliphatic hydroxyl groups excluding tert-OH is 1. The van der Waals surface area contributed by atoms with E-state index in [0.717, 1.165) is 0 Å². The van der Waals surface area contributed by atoms with Crippen LogP contribution >= 0.6 is 47.8 Å². The molecule has 66 valence electrons. The number of hydrogen-bond donors (Lipinski definition) is 1. The molecule has 0 bridgehead atoms. The Morgan fingerprint density at radius 1 is 1.33 bits per heavy atom. The van der Waals surface area contributed by atoms with Gasteiger partial charge in [0, 0.05) is 6.20 Å². The summed E-state index contributed by atoms with van der Waals surface area (Å²) in [6.45, 7) is 0. The van der Waals surface area contributed by atoms with Crippen LogP contribution in [0.4, 0.5) is 0 Å². The standard InChI is InChI=1S/C7H6Br3NO/c8-7(9,10)6(12)5-3-1-2-4-11-5/h1-4,6,12H. The first kappa shape index (κ1) is 10.6. The lowest BCUT2D eigenvalue weighted by Crippen LogP contribution is -2.15. The van der Waals surface area contributed by atoms with Crippen molar-refractivity contribution in [1.82, 2.24) is 4.98 Å². The van der Waals surface area contributed by atoms with Gasteiger partial charge in [0.2, 0.25) is 0 Å². The maximum absolute atomic E-state index is 9.65. The van der Waals surface area contributed by atoms with Crippen LogP contribution in [0.5, 0.6) is 0 Å². The van der Waals surface area contributed by atoms with Crippen LogP contribution in [0.15, 0.2) is 24.4 Å². The molecule has 0 aromatic carbocycles. The molecule has 1 rings (SSSR count). The number of halogens is 3. The lowest BCUT2D eigenvalue weighted by atomic mass is 10.2. The first-order chi connectivity index (χ1) is 5.52. The zero-order valence-electron chi connectivity index (χ0n) is 5.92. The second-order valence-electron chi connectivity index (χ2n) is 2.20. The molecule has 1 unspecified atom stereocenters. The summed E-state index contributed by atoms with van der Waals surface area (Å²) in [6.07, 6.45) is 0.899. The summed E-state index contributed by atoms with van der Waals surface area (Å²) in [5, 5.41) is 9.65. The Hall–Kier alpha value is 0.550. The van der Waals surface area contributed by atoms with Gasteiger partial charge in [-0.2, -0.15) is 0 Å². The SMILES string of the molecule is OC(c1ccccn1)C(Br)(Br)Br. The average molecular weight is 360 g/mol. The fraction of sp³-hybridized carbons (Fsp3) is 0.286. The van der Waals surface area contributed by atoms with Crippen molar-refractivity contribution in [2.24, 2.45) is 0 Å². The van der Waals surface area contributed by atoms with Gasteiger partial charge in [0.25, 0.3) is 0 Å². The maximum atomic E-state index is 9.65. The highest BCUT2D eigenvalue weighted by Gasteiger charge is 2.30. The monoisotopic (exact) mass is 357 g/mol. The predicted molar refractivity (Wildman–Crippen MR) is 58.7 cm³/mol. The third-order valence-corrected chi connectivity index (χ3v) is 2.58. The van der Waals surface area contributed by atoms with Crippen molar-refractivity contribution in [3.05, 3.63) is 30.1 Å². The Labute approximate surface area is 95.8 Å². The van der Waals surface area contributed by atoms with E-state index in [2.05, 4.69) is 52.8 Å². The van der Waals surface area contributed by atoms with E-state index >= 15 is 0 Å². The fourth-order valence-corrected chi connectivity index (χ4v) is 1.41. The van der Waals surface area contributed by atoms with Crippen LogP contribution in [-0.4, -0.2) is 12.2 Å². The van der Waals surface area contributed by atoms with Gasteiger partial charge in [-0.3, -0.25) is 4.98 Å². The van der Waals surface area contributed by atoms with Gasteiger partial charge < -0.3 is 5.11 Å². The molecule has 5 heteroatoms. The normalized spacial score (nSPS) is 14.3. The van der Waals surface area contributed by atoms with Crippen LogP contribution in [0, 0.1) is 0 Å². The Balaban J connectivity index is 2.86. The van der Waals surface area contributed by atoms with Crippen molar-refractivity contribution in [1.29, 1.82) is 0 Å². The molecule has 0 amide bonds. The molecule has 1 atom stereocenters. The molecule has 0 aliphatic rings. The van der Waals surface area contributed by atoms with Crippen LogP contribution in [0.1, 0.15) is 11.8 Å². The molecule has 0 fully saturated rings. The highest BCUT2D eigenvalue weighted by atomic mass is 80.0. The molecule has 1 aromatic rings. The highest BCUT2D eigenvalue weighted by Crippen LogP contribution is 2.44. The van der Waals surface area contributed by atoms with E-state index in [0.29, 0.717) is 5.69 Å². The molecule has 12 heavy (non-hydrogen) atoms. The van der Waals surface area contributed by atoms with Gasteiger partial charge in [-0.05, 0) is 12.1 Å². The smallest absolute Gasteiger partial charge is 0.166 e. The van der Waals surface area contributed by atoms with E-state index in [4.69, 9.17) is 0 Å². The number of aliphatic hydroxyl groups is 1. The largest absolute Gasteiger partial charge is 0.383 e. The third-order valence-electron chi connectivity index (χ3n) is 1.28. The molecule has 0 saturated heterocycles. The van der Waals surface area contributed by atoms with E-state index in [1.54, 1.807) is 18.3 Å². The predicted octanol–water partition coefficient (Wildman–Crippen LogP) is 2.95. The Morgan fingerprint density at radius 3 is 2.42 bits per heavy atom. The van der Waals surface area contributed by atoms with Crippen molar-refractivity contribution in [3.8, 4) is 0 Å². The van der Waals surface area contributed by atoms with E-state index in [-0.39, 0.29) is 0 Å². The minimum atomic E-state index is -0.737. The summed E-state index contributed by atoms with van der Waals surface area (Å²) in [4.78, 5) is 4.01. The third kappa shape index (κ3) is 2.80. The Bertz CT molecular complexity index is 247. The molecule has 0 aliphatic carbocycles. The Kier molecular flexibility index (Phi) is 3.70. The van der Waals surface area contributed by atoms with Gasteiger partial charge in [-0.15, -0.1) is 0 Å². The summed E-state index contributed by atoms with van der Waals surface area (Å²) in [5.74, 6) is 0. The second-order valence-corrected chi connectivity index (χ2v) is 9.14.